The minimum absolute atomic E-state index is 0.0553. The second kappa shape index (κ2) is 9.13. The van der Waals surface area contributed by atoms with E-state index in [1.165, 1.54) is 0 Å². The van der Waals surface area contributed by atoms with Gasteiger partial charge in [-0.1, -0.05) is 41.4 Å². The lowest BCUT2D eigenvalue weighted by Crippen LogP contribution is -2.35. The smallest absolute Gasteiger partial charge is 0.258 e. The molecular weight excluding hydrogens is 431 g/mol. The number of carbonyl (C=O) groups excluding carboxylic acids is 2. The molecule has 1 N–H and O–H groups in total. The summed E-state index contributed by atoms with van der Waals surface area (Å²) in [7, 11) is 0. The first-order valence-electron chi connectivity index (χ1n) is 10.2. The monoisotopic (exact) mass is 452 g/mol. The van der Waals surface area contributed by atoms with Gasteiger partial charge < -0.3 is 10.2 Å². The van der Waals surface area contributed by atoms with Gasteiger partial charge in [0.1, 0.15) is 0 Å². The van der Waals surface area contributed by atoms with E-state index in [-0.39, 0.29) is 17.9 Å². The van der Waals surface area contributed by atoms with Crippen molar-refractivity contribution in [2.45, 2.75) is 25.8 Å². The summed E-state index contributed by atoms with van der Waals surface area (Å²) in [6.07, 6.45) is 1.77. The molecule has 0 spiro atoms. The van der Waals surface area contributed by atoms with Gasteiger partial charge in [-0.25, -0.2) is 0 Å². The molecule has 4 rings (SSSR count). The van der Waals surface area contributed by atoms with Crippen LogP contribution in [0.15, 0.2) is 66.7 Å². The normalized spacial score (nSPS) is 14.0. The Morgan fingerprint density at radius 3 is 2.45 bits per heavy atom. The number of carbonyl (C=O) groups is 2. The van der Waals surface area contributed by atoms with Gasteiger partial charge >= 0.3 is 0 Å². The van der Waals surface area contributed by atoms with Crippen LogP contribution in [0.25, 0.3) is 0 Å². The Balaban J connectivity index is 1.53. The highest BCUT2D eigenvalue weighted by atomic mass is 35.5. The molecule has 1 aliphatic rings. The van der Waals surface area contributed by atoms with Crippen molar-refractivity contribution in [3.63, 3.8) is 0 Å². The Morgan fingerprint density at radius 2 is 1.71 bits per heavy atom. The van der Waals surface area contributed by atoms with Gasteiger partial charge in [0.25, 0.3) is 11.8 Å². The lowest BCUT2D eigenvalue weighted by Gasteiger charge is -2.30. The minimum atomic E-state index is -0.174. The average Bonchev–Trinajstić information content (AvgIpc) is 2.78. The van der Waals surface area contributed by atoms with Crippen LogP contribution >= 0.6 is 23.2 Å². The van der Waals surface area contributed by atoms with Gasteiger partial charge in [0.15, 0.2) is 0 Å². The van der Waals surface area contributed by atoms with E-state index in [1.807, 2.05) is 24.0 Å². The fourth-order valence-electron chi connectivity index (χ4n) is 3.84. The molecule has 158 valence electrons. The van der Waals surface area contributed by atoms with Gasteiger partial charge in [-0.2, -0.15) is 0 Å². The summed E-state index contributed by atoms with van der Waals surface area (Å²) in [5.41, 5.74) is 4.15. The largest absolute Gasteiger partial charge is 0.346 e. The maximum absolute atomic E-state index is 13.1. The first-order chi connectivity index (χ1) is 14.9. The lowest BCUT2D eigenvalue weighted by atomic mass is 9.96. The van der Waals surface area contributed by atoms with Gasteiger partial charge in [-0.05, 0) is 79.4 Å². The maximum Gasteiger partial charge on any atom is 0.258 e. The standard InChI is InChI=1S/C25H22Cl2N2O2/c1-16(28-24(30)17-7-10-21(26)11-8-17)18-9-12-23-19(14-18)5-3-13-29(23)25(31)20-4-2-6-22(27)15-20/h2,4,6-12,14-16H,3,5,13H2,1H3,(H,28,30). The zero-order chi connectivity index (χ0) is 22.0. The van der Waals surface area contributed by atoms with Crippen LogP contribution < -0.4 is 10.2 Å². The summed E-state index contributed by atoms with van der Waals surface area (Å²) in [5.74, 6) is -0.208. The van der Waals surface area contributed by atoms with E-state index in [0.29, 0.717) is 27.7 Å². The Labute approximate surface area is 191 Å². The molecule has 3 aromatic carbocycles. The van der Waals surface area contributed by atoms with E-state index in [4.69, 9.17) is 23.2 Å². The molecular formula is C25H22Cl2N2O2. The molecule has 0 aliphatic carbocycles. The highest BCUT2D eigenvalue weighted by Gasteiger charge is 2.24. The first-order valence-corrected chi connectivity index (χ1v) is 10.9. The topological polar surface area (TPSA) is 49.4 Å². The number of amides is 2. The molecule has 1 atom stereocenters. The summed E-state index contributed by atoms with van der Waals surface area (Å²) in [4.78, 5) is 27.4. The van der Waals surface area contributed by atoms with Gasteiger partial charge in [0, 0.05) is 33.4 Å². The predicted octanol–water partition coefficient (Wildman–Crippen LogP) is 6.08. The fourth-order valence-corrected chi connectivity index (χ4v) is 4.16. The van der Waals surface area contributed by atoms with E-state index in [2.05, 4.69) is 11.4 Å². The zero-order valence-corrected chi connectivity index (χ0v) is 18.6. The van der Waals surface area contributed by atoms with E-state index in [0.717, 1.165) is 29.7 Å². The second-order valence-corrected chi connectivity index (χ2v) is 8.53. The van der Waals surface area contributed by atoms with Crippen LogP contribution in [0.3, 0.4) is 0 Å². The molecule has 6 heteroatoms. The van der Waals surface area contributed by atoms with Crippen molar-refractivity contribution >= 4 is 40.7 Å². The zero-order valence-electron chi connectivity index (χ0n) is 17.1. The number of rotatable bonds is 4. The molecule has 1 unspecified atom stereocenters. The van der Waals surface area contributed by atoms with Crippen molar-refractivity contribution in [3.05, 3.63) is 99.0 Å². The van der Waals surface area contributed by atoms with Crippen LogP contribution in [0, 0.1) is 0 Å². The number of nitrogens with zero attached hydrogens (tertiary/aromatic N) is 1. The number of fused-ring (bicyclic) bond motifs is 1. The molecule has 0 radical (unpaired) electrons. The lowest BCUT2D eigenvalue weighted by molar-refractivity contribution is 0.0938. The van der Waals surface area contributed by atoms with Crippen molar-refractivity contribution in [2.75, 3.05) is 11.4 Å². The number of hydrogen-bond donors (Lipinski definition) is 1. The third kappa shape index (κ3) is 4.76. The fraction of sp³-hybridized carbons (Fsp3) is 0.200. The molecule has 0 bridgehead atoms. The Bertz CT molecular complexity index is 1130. The number of hydrogen-bond acceptors (Lipinski definition) is 2. The molecule has 1 aliphatic heterocycles. The van der Waals surface area contributed by atoms with Crippen LogP contribution in [0.4, 0.5) is 5.69 Å². The summed E-state index contributed by atoms with van der Waals surface area (Å²) in [5, 5.41) is 4.17. The third-order valence-corrected chi connectivity index (χ3v) is 5.98. The van der Waals surface area contributed by atoms with Crippen molar-refractivity contribution < 1.29 is 9.59 Å². The van der Waals surface area contributed by atoms with Gasteiger partial charge in [0.2, 0.25) is 0 Å². The van der Waals surface area contributed by atoms with Crippen LogP contribution in [-0.2, 0) is 6.42 Å². The summed E-state index contributed by atoms with van der Waals surface area (Å²) in [6, 6.07) is 19.7. The van der Waals surface area contributed by atoms with E-state index in [1.54, 1.807) is 48.5 Å². The van der Waals surface area contributed by atoms with Crippen molar-refractivity contribution in [1.82, 2.24) is 5.32 Å². The van der Waals surface area contributed by atoms with E-state index < -0.39 is 0 Å². The molecule has 3 aromatic rings. The van der Waals surface area contributed by atoms with Crippen LogP contribution in [-0.4, -0.2) is 18.4 Å². The first kappa shape index (κ1) is 21.4. The molecule has 2 amide bonds. The summed E-state index contributed by atoms with van der Waals surface area (Å²) < 4.78 is 0. The number of halogens is 2. The quantitative estimate of drug-likeness (QED) is 0.521. The molecule has 1 heterocycles. The Kier molecular flexibility index (Phi) is 6.30. The van der Waals surface area contributed by atoms with Crippen molar-refractivity contribution in [3.8, 4) is 0 Å². The van der Waals surface area contributed by atoms with E-state index in [9.17, 15) is 9.59 Å². The second-order valence-electron chi connectivity index (χ2n) is 7.66. The van der Waals surface area contributed by atoms with Crippen molar-refractivity contribution in [1.29, 1.82) is 0 Å². The number of anilines is 1. The molecule has 0 saturated carbocycles. The number of nitrogens with one attached hydrogen (secondary N) is 1. The third-order valence-electron chi connectivity index (χ3n) is 5.49. The van der Waals surface area contributed by atoms with Crippen LogP contribution in [0.1, 0.15) is 51.2 Å². The molecule has 0 saturated heterocycles. The summed E-state index contributed by atoms with van der Waals surface area (Å²) >= 11 is 12.0. The molecule has 0 aromatic heterocycles. The predicted molar refractivity (Wildman–Crippen MR) is 125 cm³/mol. The van der Waals surface area contributed by atoms with Crippen molar-refractivity contribution in [2.24, 2.45) is 0 Å². The number of aryl methyl sites for hydroxylation is 1. The van der Waals surface area contributed by atoms with E-state index >= 15 is 0 Å². The minimum Gasteiger partial charge on any atom is -0.346 e. The van der Waals surface area contributed by atoms with Gasteiger partial charge in [-0.15, -0.1) is 0 Å². The average molecular weight is 453 g/mol. The van der Waals surface area contributed by atoms with Crippen LogP contribution in [0.5, 0.6) is 0 Å². The van der Waals surface area contributed by atoms with Gasteiger partial charge in [0.05, 0.1) is 6.04 Å². The highest BCUT2D eigenvalue weighted by Crippen LogP contribution is 2.31. The van der Waals surface area contributed by atoms with Gasteiger partial charge in [-0.3, -0.25) is 9.59 Å². The Morgan fingerprint density at radius 1 is 0.935 bits per heavy atom. The molecule has 4 nitrogen and oxygen atoms in total. The number of benzene rings is 3. The molecule has 31 heavy (non-hydrogen) atoms. The van der Waals surface area contributed by atoms with Crippen LogP contribution in [0.2, 0.25) is 10.0 Å². The maximum atomic E-state index is 13.1. The molecule has 0 fully saturated rings. The summed E-state index contributed by atoms with van der Waals surface area (Å²) in [6.45, 7) is 2.62. The SMILES string of the molecule is CC(NC(=O)c1ccc(Cl)cc1)c1ccc2c(c1)CCCN2C(=O)c1cccc(Cl)c1. The Hall–Kier alpha value is -2.82. The highest BCUT2D eigenvalue weighted by molar-refractivity contribution is 6.31.